The Balaban J connectivity index is 1.83. The van der Waals surface area contributed by atoms with Gasteiger partial charge >= 0.3 is 0 Å². The van der Waals surface area contributed by atoms with Crippen LogP contribution in [0.4, 0.5) is 4.39 Å². The van der Waals surface area contributed by atoms with Crippen molar-refractivity contribution in [1.29, 1.82) is 0 Å². The van der Waals surface area contributed by atoms with Crippen LogP contribution >= 0.6 is 0 Å². The number of halogens is 1. The first kappa shape index (κ1) is 21.5. The van der Waals surface area contributed by atoms with Crippen molar-refractivity contribution in [2.45, 2.75) is 72.0 Å². The van der Waals surface area contributed by atoms with E-state index in [0.29, 0.717) is 25.7 Å². The molecule has 2 aromatic rings. The van der Waals surface area contributed by atoms with Crippen molar-refractivity contribution in [3.05, 3.63) is 41.9 Å². The number of alkyl halides is 1. The van der Waals surface area contributed by atoms with Crippen molar-refractivity contribution in [2.24, 2.45) is 18.4 Å². The molecule has 1 aliphatic carbocycles. The topological polar surface area (TPSA) is 46.9 Å². The van der Waals surface area contributed by atoms with E-state index in [2.05, 4.69) is 61.8 Å². The van der Waals surface area contributed by atoms with E-state index < -0.39 is 5.67 Å². The van der Waals surface area contributed by atoms with Crippen molar-refractivity contribution < 1.29 is 9.18 Å². The maximum atomic E-state index is 14.1. The third-order valence-electron chi connectivity index (χ3n) is 6.18. The van der Waals surface area contributed by atoms with E-state index in [0.717, 1.165) is 17.1 Å². The van der Waals surface area contributed by atoms with Crippen LogP contribution < -0.4 is 5.32 Å². The molecule has 3 rings (SSSR count). The first-order valence-electron chi connectivity index (χ1n) is 10.6. The van der Waals surface area contributed by atoms with Gasteiger partial charge in [0.2, 0.25) is 5.91 Å². The number of aromatic nitrogens is 2. The lowest BCUT2D eigenvalue weighted by atomic mass is 9.80. The third kappa shape index (κ3) is 4.88. The summed E-state index contributed by atoms with van der Waals surface area (Å²) in [5.41, 5.74) is 2.00. The van der Waals surface area contributed by atoms with Gasteiger partial charge in [-0.3, -0.25) is 4.79 Å². The van der Waals surface area contributed by atoms with Gasteiger partial charge in [0.1, 0.15) is 11.5 Å². The van der Waals surface area contributed by atoms with E-state index in [1.54, 1.807) is 6.92 Å². The summed E-state index contributed by atoms with van der Waals surface area (Å²) in [6.07, 6.45) is 3.98. The predicted octanol–water partition coefficient (Wildman–Crippen LogP) is 5.52. The second kappa shape index (κ2) is 7.92. The monoisotopic (exact) mass is 399 g/mol. The van der Waals surface area contributed by atoms with Crippen molar-refractivity contribution in [3.8, 4) is 11.3 Å². The molecule has 0 radical (unpaired) electrons. The number of benzene rings is 1. The highest BCUT2D eigenvalue weighted by molar-refractivity contribution is 5.79. The van der Waals surface area contributed by atoms with Gasteiger partial charge in [0, 0.05) is 13.0 Å². The number of hydrogen-bond donors (Lipinski definition) is 1. The molecule has 1 aromatic carbocycles. The SMILES string of the molecule is Cc1ccc(-c2cnc([C@@H](NC(=O)C3CCC(C)(F)CC3)C(C)(C)C)n2C)cc1. The largest absolute Gasteiger partial charge is 0.345 e. The van der Waals surface area contributed by atoms with Gasteiger partial charge in [0.15, 0.2) is 0 Å². The van der Waals surface area contributed by atoms with E-state index >= 15 is 0 Å². The first-order valence-corrected chi connectivity index (χ1v) is 10.6. The molecule has 29 heavy (non-hydrogen) atoms. The quantitative estimate of drug-likeness (QED) is 0.736. The Labute approximate surface area is 173 Å². The Hall–Kier alpha value is -2.17. The van der Waals surface area contributed by atoms with E-state index in [9.17, 15) is 9.18 Å². The van der Waals surface area contributed by atoms with Crippen LogP contribution in [-0.2, 0) is 11.8 Å². The van der Waals surface area contributed by atoms with E-state index in [1.165, 1.54) is 5.56 Å². The fraction of sp³-hybridized carbons (Fsp3) is 0.583. The summed E-state index contributed by atoms with van der Waals surface area (Å²) in [5.74, 6) is 0.730. The van der Waals surface area contributed by atoms with E-state index in [-0.39, 0.29) is 23.3 Å². The minimum absolute atomic E-state index is 0.0142. The number of nitrogens with zero attached hydrogens (tertiary/aromatic N) is 2. The molecule has 1 saturated carbocycles. The number of rotatable bonds is 4. The second-order valence-corrected chi connectivity index (χ2v) is 9.92. The molecule has 0 unspecified atom stereocenters. The summed E-state index contributed by atoms with van der Waals surface area (Å²) >= 11 is 0. The molecule has 0 saturated heterocycles. The normalized spacial score (nSPS) is 23.6. The molecule has 1 aromatic heterocycles. The fourth-order valence-electron chi connectivity index (χ4n) is 4.09. The molecule has 0 bridgehead atoms. The number of amides is 1. The Morgan fingerprint density at radius 3 is 2.38 bits per heavy atom. The molecule has 5 heteroatoms. The van der Waals surface area contributed by atoms with Gasteiger partial charge in [-0.2, -0.15) is 0 Å². The van der Waals surface area contributed by atoms with Crippen LogP contribution in [0.2, 0.25) is 0 Å². The molecule has 158 valence electrons. The van der Waals surface area contributed by atoms with Crippen LogP contribution in [-0.4, -0.2) is 21.1 Å². The lowest BCUT2D eigenvalue weighted by Crippen LogP contribution is -2.43. The molecule has 1 aliphatic rings. The van der Waals surface area contributed by atoms with Gasteiger partial charge in [-0.15, -0.1) is 0 Å². The van der Waals surface area contributed by atoms with Crippen molar-refractivity contribution in [2.75, 3.05) is 0 Å². The molecular formula is C24H34FN3O. The number of nitrogens with one attached hydrogen (secondary N) is 1. The van der Waals surface area contributed by atoms with Crippen LogP contribution in [0.15, 0.2) is 30.5 Å². The number of aryl methyl sites for hydroxylation is 1. The predicted molar refractivity (Wildman–Crippen MR) is 115 cm³/mol. The van der Waals surface area contributed by atoms with Gasteiger partial charge < -0.3 is 9.88 Å². The van der Waals surface area contributed by atoms with Crippen molar-refractivity contribution >= 4 is 5.91 Å². The lowest BCUT2D eigenvalue weighted by molar-refractivity contribution is -0.128. The average Bonchev–Trinajstić information content (AvgIpc) is 3.00. The van der Waals surface area contributed by atoms with Gasteiger partial charge in [-0.05, 0) is 50.5 Å². The van der Waals surface area contributed by atoms with Gasteiger partial charge in [0.25, 0.3) is 0 Å². The molecule has 0 aliphatic heterocycles. The first-order chi connectivity index (χ1) is 13.5. The Kier molecular flexibility index (Phi) is 5.88. The van der Waals surface area contributed by atoms with E-state index in [4.69, 9.17) is 4.98 Å². The summed E-state index contributed by atoms with van der Waals surface area (Å²) in [7, 11) is 2.00. The third-order valence-corrected chi connectivity index (χ3v) is 6.18. The lowest BCUT2D eigenvalue weighted by Gasteiger charge is -2.35. The fourth-order valence-corrected chi connectivity index (χ4v) is 4.09. The van der Waals surface area contributed by atoms with Crippen molar-refractivity contribution in [3.63, 3.8) is 0 Å². The Morgan fingerprint density at radius 2 is 1.83 bits per heavy atom. The van der Waals surface area contributed by atoms with Gasteiger partial charge in [0.05, 0.1) is 17.9 Å². The van der Waals surface area contributed by atoms with Crippen LogP contribution in [0.25, 0.3) is 11.3 Å². The second-order valence-electron chi connectivity index (χ2n) is 9.92. The number of carbonyl (C=O) groups is 1. The van der Waals surface area contributed by atoms with E-state index in [1.807, 2.05) is 13.2 Å². The molecule has 0 spiro atoms. The minimum atomic E-state index is -1.14. The molecule has 1 fully saturated rings. The highest BCUT2D eigenvalue weighted by atomic mass is 19.1. The van der Waals surface area contributed by atoms with Crippen molar-refractivity contribution in [1.82, 2.24) is 14.9 Å². The van der Waals surface area contributed by atoms with Crippen LogP contribution in [0.3, 0.4) is 0 Å². The van der Waals surface area contributed by atoms with Crippen LogP contribution in [0.1, 0.15) is 70.8 Å². The zero-order valence-corrected chi connectivity index (χ0v) is 18.6. The highest BCUT2D eigenvalue weighted by Gasteiger charge is 2.37. The Bertz CT molecular complexity index is 851. The molecule has 4 nitrogen and oxygen atoms in total. The van der Waals surface area contributed by atoms with Gasteiger partial charge in [-0.1, -0.05) is 50.6 Å². The molecule has 1 amide bonds. The zero-order chi connectivity index (χ0) is 21.4. The summed E-state index contributed by atoms with van der Waals surface area (Å²) in [5, 5.41) is 3.24. The summed E-state index contributed by atoms with van der Waals surface area (Å²) < 4.78 is 16.2. The Morgan fingerprint density at radius 1 is 1.24 bits per heavy atom. The molecule has 1 N–H and O–H groups in total. The summed E-state index contributed by atoms with van der Waals surface area (Å²) in [6.45, 7) is 10.0. The number of hydrogen-bond acceptors (Lipinski definition) is 2. The molecular weight excluding hydrogens is 365 g/mol. The average molecular weight is 400 g/mol. The zero-order valence-electron chi connectivity index (χ0n) is 18.6. The maximum Gasteiger partial charge on any atom is 0.223 e. The summed E-state index contributed by atoms with van der Waals surface area (Å²) in [6, 6.07) is 8.14. The smallest absolute Gasteiger partial charge is 0.223 e. The number of imidazole rings is 1. The molecule has 1 atom stereocenters. The maximum absolute atomic E-state index is 14.1. The highest BCUT2D eigenvalue weighted by Crippen LogP contribution is 2.37. The van der Waals surface area contributed by atoms with Gasteiger partial charge in [-0.25, -0.2) is 9.37 Å². The number of carbonyl (C=O) groups excluding carboxylic acids is 1. The van der Waals surface area contributed by atoms with Crippen LogP contribution in [0, 0.1) is 18.3 Å². The van der Waals surface area contributed by atoms with Crippen LogP contribution in [0.5, 0.6) is 0 Å². The molecule has 1 heterocycles. The minimum Gasteiger partial charge on any atom is -0.345 e. The summed E-state index contributed by atoms with van der Waals surface area (Å²) in [4.78, 5) is 17.7. The standard InChI is InChI=1S/C24H34FN3O/c1-16-7-9-17(10-8-16)19-15-26-21(28(19)6)20(23(2,3)4)27-22(29)18-11-13-24(5,25)14-12-18/h7-10,15,18,20H,11-14H2,1-6H3,(H,27,29)/t18?,20-,24?/m1/s1.